The van der Waals surface area contributed by atoms with Crippen LogP contribution in [0.1, 0.15) is 31.0 Å². The highest BCUT2D eigenvalue weighted by Crippen LogP contribution is 2.36. The Morgan fingerprint density at radius 1 is 1.19 bits per heavy atom. The summed E-state index contributed by atoms with van der Waals surface area (Å²) in [7, 11) is 1.56. The zero-order valence-corrected chi connectivity index (χ0v) is 23.3. The van der Waals surface area contributed by atoms with Crippen LogP contribution < -0.4 is 24.9 Å². The van der Waals surface area contributed by atoms with Crippen molar-refractivity contribution in [1.29, 1.82) is 0 Å². The number of anilines is 1. The number of esters is 1. The minimum absolute atomic E-state index is 0.176. The summed E-state index contributed by atoms with van der Waals surface area (Å²) in [5.41, 5.74) is 2.50. The van der Waals surface area contributed by atoms with E-state index in [-0.39, 0.29) is 28.2 Å². The molecule has 0 unspecified atom stereocenters. The van der Waals surface area contributed by atoms with E-state index >= 15 is 0 Å². The highest BCUT2D eigenvalue weighted by Gasteiger charge is 2.35. The molecule has 8 nitrogen and oxygen atoms in total. The SMILES string of the molecule is CCOC(=O)C1=C(C)N=c2s/c(=C3\C(=O)Nc4ccc(Br)cc43)c(=O)n2[C@@H]1c1ccc(OC)c(Br)c1. The number of benzene rings is 2. The Hall–Kier alpha value is -3.02. The standard InChI is InChI=1S/C25H19Br2N3O5S/c1-4-35-24(33)18-11(2)28-25-30(20(18)12-5-8-17(34-3)15(27)9-12)23(32)21(36-25)19-14-10-13(26)6-7-16(14)29-22(19)31/h5-10,20H,4H2,1-3H3,(H,29,31)/b21-19-/t20-/m1/s1. The molecule has 36 heavy (non-hydrogen) atoms. The lowest BCUT2D eigenvalue weighted by molar-refractivity contribution is -0.139. The fourth-order valence-electron chi connectivity index (χ4n) is 4.37. The maximum absolute atomic E-state index is 14.0. The molecule has 0 bridgehead atoms. The number of carbonyl (C=O) groups is 2. The van der Waals surface area contributed by atoms with Crippen molar-refractivity contribution in [3.63, 3.8) is 0 Å². The Labute approximate surface area is 226 Å². The lowest BCUT2D eigenvalue weighted by Crippen LogP contribution is -2.40. The number of halogens is 2. The van der Waals surface area contributed by atoms with Crippen LogP contribution in [0.15, 0.2) is 66.4 Å². The van der Waals surface area contributed by atoms with Gasteiger partial charge in [-0.2, -0.15) is 0 Å². The summed E-state index contributed by atoms with van der Waals surface area (Å²) in [6.45, 7) is 3.61. The summed E-state index contributed by atoms with van der Waals surface area (Å²) in [6, 6.07) is 9.95. The Balaban J connectivity index is 1.82. The third kappa shape index (κ3) is 3.95. The van der Waals surface area contributed by atoms with Crippen molar-refractivity contribution < 1.29 is 19.1 Å². The maximum atomic E-state index is 14.0. The van der Waals surface area contributed by atoms with E-state index in [9.17, 15) is 14.4 Å². The van der Waals surface area contributed by atoms with E-state index in [4.69, 9.17) is 9.47 Å². The molecule has 2 aromatic carbocycles. The number of thiazole rings is 1. The first-order valence-corrected chi connectivity index (χ1v) is 13.3. The van der Waals surface area contributed by atoms with E-state index < -0.39 is 17.6 Å². The number of amides is 1. The van der Waals surface area contributed by atoms with Gasteiger partial charge in [0.15, 0.2) is 4.80 Å². The third-order valence-electron chi connectivity index (χ3n) is 5.94. The van der Waals surface area contributed by atoms with Gasteiger partial charge < -0.3 is 14.8 Å². The van der Waals surface area contributed by atoms with E-state index in [2.05, 4.69) is 42.2 Å². The minimum Gasteiger partial charge on any atom is -0.496 e. The number of methoxy groups -OCH3 is 1. The summed E-state index contributed by atoms with van der Waals surface area (Å²) in [5.74, 6) is -0.309. The number of allylic oxidation sites excluding steroid dienone is 1. The predicted octanol–water partition coefficient (Wildman–Crippen LogP) is 3.65. The van der Waals surface area contributed by atoms with Gasteiger partial charge in [0.25, 0.3) is 11.5 Å². The van der Waals surface area contributed by atoms with Crippen LogP contribution in [0.25, 0.3) is 5.57 Å². The molecule has 2 aliphatic heterocycles. The van der Waals surface area contributed by atoms with Crippen LogP contribution in [0.5, 0.6) is 5.75 Å². The zero-order chi connectivity index (χ0) is 25.7. The van der Waals surface area contributed by atoms with Gasteiger partial charge in [-0.05, 0) is 65.7 Å². The van der Waals surface area contributed by atoms with Crippen molar-refractivity contribution >= 4 is 66.3 Å². The summed E-state index contributed by atoms with van der Waals surface area (Å²) >= 11 is 8.06. The van der Waals surface area contributed by atoms with E-state index in [1.165, 1.54) is 4.57 Å². The summed E-state index contributed by atoms with van der Waals surface area (Å²) in [5, 5.41) is 2.82. The topological polar surface area (TPSA) is 99.0 Å². The summed E-state index contributed by atoms with van der Waals surface area (Å²) in [6.07, 6.45) is 0. The fraction of sp³-hybridized carbons (Fsp3) is 0.200. The highest BCUT2D eigenvalue weighted by atomic mass is 79.9. The number of rotatable bonds is 4. The molecule has 0 saturated carbocycles. The minimum atomic E-state index is -0.802. The van der Waals surface area contributed by atoms with Gasteiger partial charge in [-0.25, -0.2) is 9.79 Å². The fourth-order valence-corrected chi connectivity index (χ4v) is 6.44. The highest BCUT2D eigenvalue weighted by molar-refractivity contribution is 9.10. The average molecular weight is 633 g/mol. The van der Waals surface area contributed by atoms with Crippen molar-refractivity contribution in [3.05, 3.63) is 87.4 Å². The summed E-state index contributed by atoms with van der Waals surface area (Å²) in [4.78, 5) is 45.0. The number of nitrogens with one attached hydrogen (secondary N) is 1. The van der Waals surface area contributed by atoms with Gasteiger partial charge in [-0.3, -0.25) is 14.2 Å². The van der Waals surface area contributed by atoms with Gasteiger partial charge in [0.05, 0.1) is 41.1 Å². The molecular weight excluding hydrogens is 614 g/mol. The van der Waals surface area contributed by atoms with Crippen molar-refractivity contribution in [3.8, 4) is 5.75 Å². The van der Waals surface area contributed by atoms with E-state index in [0.717, 1.165) is 15.8 Å². The molecule has 2 aliphatic rings. The molecule has 11 heteroatoms. The molecule has 3 aromatic rings. The quantitative estimate of drug-likeness (QED) is 0.443. The number of fused-ring (bicyclic) bond motifs is 2. The molecule has 5 rings (SSSR count). The van der Waals surface area contributed by atoms with Crippen LogP contribution in [-0.2, 0) is 14.3 Å². The van der Waals surface area contributed by atoms with Gasteiger partial charge >= 0.3 is 5.97 Å². The molecule has 0 radical (unpaired) electrons. The molecule has 3 heterocycles. The van der Waals surface area contributed by atoms with Crippen molar-refractivity contribution in [2.45, 2.75) is 19.9 Å². The van der Waals surface area contributed by atoms with E-state index in [1.54, 1.807) is 51.3 Å². The Kier molecular flexibility index (Phi) is 6.48. The maximum Gasteiger partial charge on any atom is 0.338 e. The first-order chi connectivity index (χ1) is 17.2. The van der Waals surface area contributed by atoms with Crippen molar-refractivity contribution in [2.75, 3.05) is 19.0 Å². The number of ether oxygens (including phenoxy) is 2. The Morgan fingerprint density at radius 3 is 2.67 bits per heavy atom. The van der Waals surface area contributed by atoms with Crippen LogP contribution in [0.3, 0.4) is 0 Å². The summed E-state index contributed by atoms with van der Waals surface area (Å²) < 4.78 is 13.8. The van der Waals surface area contributed by atoms with Crippen LogP contribution in [0, 0.1) is 0 Å². The lowest BCUT2D eigenvalue weighted by Gasteiger charge is -2.25. The molecule has 1 amide bonds. The number of carbonyl (C=O) groups excluding carboxylic acids is 2. The molecular formula is C25H19Br2N3O5S. The first-order valence-electron chi connectivity index (χ1n) is 10.9. The van der Waals surface area contributed by atoms with Crippen molar-refractivity contribution in [1.82, 2.24) is 4.57 Å². The molecule has 0 spiro atoms. The number of nitrogens with zero attached hydrogens (tertiary/aromatic N) is 2. The Morgan fingerprint density at radius 2 is 1.97 bits per heavy atom. The third-order valence-corrected chi connectivity index (χ3v) is 8.10. The molecule has 0 fully saturated rings. The van der Waals surface area contributed by atoms with Gasteiger partial charge in [-0.1, -0.05) is 33.3 Å². The number of hydrogen-bond donors (Lipinski definition) is 1. The monoisotopic (exact) mass is 631 g/mol. The molecule has 0 aliphatic carbocycles. The molecule has 1 N–H and O–H groups in total. The first kappa shape index (κ1) is 24.7. The second-order valence-corrected chi connectivity index (χ2v) is 10.8. The second kappa shape index (κ2) is 9.45. The van der Waals surface area contributed by atoms with Gasteiger partial charge in [0.2, 0.25) is 0 Å². The van der Waals surface area contributed by atoms with Crippen LogP contribution in [0.4, 0.5) is 5.69 Å². The van der Waals surface area contributed by atoms with Crippen LogP contribution in [0.2, 0.25) is 0 Å². The van der Waals surface area contributed by atoms with E-state index in [0.29, 0.717) is 37.5 Å². The number of aromatic nitrogens is 1. The second-order valence-electron chi connectivity index (χ2n) is 8.04. The molecule has 1 atom stereocenters. The predicted molar refractivity (Wildman–Crippen MR) is 143 cm³/mol. The van der Waals surface area contributed by atoms with Gasteiger partial charge in [0, 0.05) is 15.7 Å². The normalized spacial score (nSPS) is 17.8. The molecule has 184 valence electrons. The molecule has 1 aromatic heterocycles. The Bertz CT molecular complexity index is 1670. The van der Waals surface area contributed by atoms with E-state index in [1.807, 2.05) is 6.07 Å². The number of hydrogen-bond acceptors (Lipinski definition) is 7. The average Bonchev–Trinajstić information content (AvgIpc) is 3.32. The lowest BCUT2D eigenvalue weighted by atomic mass is 9.96. The van der Waals surface area contributed by atoms with Crippen LogP contribution in [-0.4, -0.2) is 30.2 Å². The van der Waals surface area contributed by atoms with Gasteiger partial charge in [-0.15, -0.1) is 0 Å². The van der Waals surface area contributed by atoms with Gasteiger partial charge in [0.1, 0.15) is 10.3 Å². The molecule has 0 saturated heterocycles. The smallest absolute Gasteiger partial charge is 0.338 e. The van der Waals surface area contributed by atoms with Crippen molar-refractivity contribution in [2.24, 2.45) is 4.99 Å². The largest absolute Gasteiger partial charge is 0.496 e. The van der Waals surface area contributed by atoms with Crippen LogP contribution >= 0.6 is 43.2 Å². The zero-order valence-electron chi connectivity index (χ0n) is 19.3.